The summed E-state index contributed by atoms with van der Waals surface area (Å²) in [5.74, 6) is 0.241. The molecule has 0 aliphatic rings. The normalized spacial score (nSPS) is 9.78. The van der Waals surface area contributed by atoms with Gasteiger partial charge in [0.1, 0.15) is 15.8 Å². The average molecular weight is 474 g/mol. The van der Waals surface area contributed by atoms with E-state index in [1.807, 2.05) is 88.4 Å². The molecule has 0 aliphatic carbocycles. The Balaban J connectivity index is 0.00000227. The second-order valence-electron chi connectivity index (χ2n) is 5.95. The summed E-state index contributed by atoms with van der Waals surface area (Å²) in [5, 5.41) is 3.19. The lowest BCUT2D eigenvalue weighted by Gasteiger charge is -2.24. The predicted octanol–water partition coefficient (Wildman–Crippen LogP) is 4.61. The van der Waals surface area contributed by atoms with Crippen molar-refractivity contribution in [3.05, 3.63) is 71.8 Å². The van der Waals surface area contributed by atoms with E-state index in [1.54, 1.807) is 26.2 Å². The van der Waals surface area contributed by atoms with Crippen LogP contribution in [-0.2, 0) is 4.79 Å². The number of aliphatic imine (C=N–C) groups is 1. The molecule has 2 N–H and O–H groups in total. The number of amidine groups is 1. The molecule has 0 unspecified atom stereocenters. The Morgan fingerprint density at radius 2 is 1.16 bits per heavy atom. The fourth-order valence-electron chi connectivity index (χ4n) is 2.39. The van der Waals surface area contributed by atoms with E-state index in [0.717, 1.165) is 11.1 Å². The molecule has 0 bridgehead atoms. The second kappa shape index (κ2) is 16.8. The van der Waals surface area contributed by atoms with Gasteiger partial charge >= 0.3 is 0 Å². The van der Waals surface area contributed by atoms with Gasteiger partial charge in [0.05, 0.1) is 6.42 Å². The number of benzene rings is 2. The summed E-state index contributed by atoms with van der Waals surface area (Å²) in [6, 6.07) is 19.1. The van der Waals surface area contributed by atoms with E-state index < -0.39 is 0 Å². The zero-order chi connectivity index (χ0) is 24.5. The molecule has 8 heteroatoms. The van der Waals surface area contributed by atoms with Gasteiger partial charge in [-0.3, -0.25) is 30.7 Å². The van der Waals surface area contributed by atoms with Gasteiger partial charge in [-0.05, 0) is 0 Å². The zero-order valence-electron chi connectivity index (χ0n) is 20.0. The minimum atomic E-state index is -0.243. The van der Waals surface area contributed by atoms with Gasteiger partial charge in [-0.15, -0.1) is 0 Å². The molecule has 0 aliphatic heterocycles. The first kappa shape index (κ1) is 29.2. The van der Waals surface area contributed by atoms with E-state index in [1.165, 1.54) is 5.01 Å². The molecule has 0 aromatic heterocycles. The van der Waals surface area contributed by atoms with E-state index in [2.05, 4.69) is 15.8 Å². The molecule has 0 saturated heterocycles. The van der Waals surface area contributed by atoms with Crippen LogP contribution in [-0.4, -0.2) is 52.9 Å². The summed E-state index contributed by atoms with van der Waals surface area (Å²) in [6.45, 7) is 8.00. The summed E-state index contributed by atoms with van der Waals surface area (Å²) in [7, 11) is 5.11. The Kier molecular flexibility index (Phi) is 15.3. The van der Waals surface area contributed by atoms with Gasteiger partial charge in [-0.25, -0.2) is 0 Å². The van der Waals surface area contributed by atoms with Crippen LogP contribution in [0.2, 0.25) is 0 Å². The molecule has 0 radical (unpaired) electrons. The van der Waals surface area contributed by atoms with E-state index >= 15 is 0 Å². The van der Waals surface area contributed by atoms with Crippen LogP contribution in [0.1, 0.15) is 45.2 Å². The van der Waals surface area contributed by atoms with Gasteiger partial charge < -0.3 is 0 Å². The monoisotopic (exact) mass is 473 g/mol. The summed E-state index contributed by atoms with van der Waals surface area (Å²) in [4.78, 5) is 17.7. The number of hydrogen-bond donors (Lipinski definition) is 2. The Morgan fingerprint density at radius 3 is 1.53 bits per heavy atom. The second-order valence-corrected chi connectivity index (χ2v) is 6.73. The first-order valence-corrected chi connectivity index (χ1v) is 11.4. The number of thiocarbonyl (C=S) groups is 2. The van der Waals surface area contributed by atoms with Gasteiger partial charge in [0.2, 0.25) is 5.91 Å². The summed E-state index contributed by atoms with van der Waals surface area (Å²) >= 11 is 10.9. The molecule has 0 heterocycles. The number of nitrogens with one attached hydrogen (secondary N) is 2. The smallest absolute Gasteiger partial charge is 0.246 e. The van der Waals surface area contributed by atoms with Gasteiger partial charge in [-0.1, -0.05) is 113 Å². The van der Waals surface area contributed by atoms with Crippen LogP contribution >= 0.6 is 24.4 Å². The number of carbonyl (C=O) groups excluding carboxylic acids is 1. The molecule has 2 aromatic carbocycles. The fraction of sp³-hybridized carbons (Fsp3) is 0.333. The van der Waals surface area contributed by atoms with E-state index in [0.29, 0.717) is 15.8 Å². The Labute approximate surface area is 203 Å². The van der Waals surface area contributed by atoms with Crippen molar-refractivity contribution >= 4 is 46.2 Å². The lowest BCUT2D eigenvalue weighted by molar-refractivity contribution is -0.122. The molecule has 0 atom stereocenters. The zero-order valence-corrected chi connectivity index (χ0v) is 21.7. The third-order valence-electron chi connectivity index (χ3n) is 3.84. The van der Waals surface area contributed by atoms with Crippen molar-refractivity contribution in [1.29, 1.82) is 0 Å². The highest BCUT2D eigenvalue weighted by Gasteiger charge is 2.15. The van der Waals surface area contributed by atoms with Crippen molar-refractivity contribution in [3.8, 4) is 0 Å². The van der Waals surface area contributed by atoms with Crippen molar-refractivity contribution in [1.82, 2.24) is 20.9 Å². The largest absolute Gasteiger partial charge is 0.285 e. The topological polar surface area (TPSA) is 60.0 Å². The summed E-state index contributed by atoms with van der Waals surface area (Å²) in [6.07, 6.45) is 0.0555. The SMILES string of the molecule is CC.CC.CN=C(CC(=O)NN(C)C(=S)c1ccccc1)NN(C)C(=S)c1ccccc1. The van der Waals surface area contributed by atoms with Crippen molar-refractivity contribution in [2.75, 3.05) is 21.1 Å². The van der Waals surface area contributed by atoms with Crippen LogP contribution < -0.4 is 10.9 Å². The maximum atomic E-state index is 12.4. The number of amides is 1. The third-order valence-corrected chi connectivity index (χ3v) is 4.86. The molecular formula is C24H35N5OS2. The highest BCUT2D eigenvalue weighted by atomic mass is 32.1. The van der Waals surface area contributed by atoms with Crippen LogP contribution in [0.5, 0.6) is 0 Å². The molecule has 0 saturated carbocycles. The Hall–Kier alpha value is -2.84. The van der Waals surface area contributed by atoms with Crippen molar-refractivity contribution in [2.24, 2.45) is 4.99 Å². The molecule has 2 aromatic rings. The Morgan fingerprint density at radius 1 is 0.781 bits per heavy atom. The number of hydrazine groups is 2. The van der Waals surface area contributed by atoms with E-state index in [4.69, 9.17) is 24.4 Å². The fourth-order valence-corrected chi connectivity index (χ4v) is 2.75. The first-order valence-electron chi connectivity index (χ1n) is 10.6. The van der Waals surface area contributed by atoms with E-state index in [-0.39, 0.29) is 12.3 Å². The maximum Gasteiger partial charge on any atom is 0.246 e. The lowest BCUT2D eigenvalue weighted by atomic mass is 10.2. The van der Waals surface area contributed by atoms with Crippen LogP contribution in [0.4, 0.5) is 0 Å². The maximum absolute atomic E-state index is 12.4. The molecule has 1 amide bonds. The first-order chi connectivity index (χ1) is 15.4. The van der Waals surface area contributed by atoms with Crippen LogP contribution in [0.15, 0.2) is 65.7 Å². The lowest BCUT2D eigenvalue weighted by Crippen LogP contribution is -2.47. The van der Waals surface area contributed by atoms with Crippen LogP contribution in [0.3, 0.4) is 0 Å². The predicted molar refractivity (Wildman–Crippen MR) is 144 cm³/mol. The van der Waals surface area contributed by atoms with Gasteiger partial charge in [-0.2, -0.15) is 0 Å². The van der Waals surface area contributed by atoms with Crippen molar-refractivity contribution < 1.29 is 4.79 Å². The molecule has 32 heavy (non-hydrogen) atoms. The minimum Gasteiger partial charge on any atom is -0.285 e. The Bertz CT molecular complexity index is 857. The van der Waals surface area contributed by atoms with Gasteiger partial charge in [0, 0.05) is 32.3 Å². The van der Waals surface area contributed by atoms with E-state index in [9.17, 15) is 4.79 Å². The van der Waals surface area contributed by atoms with Crippen LogP contribution in [0, 0.1) is 0 Å². The molecule has 2 rings (SSSR count). The highest BCUT2D eigenvalue weighted by molar-refractivity contribution is 7.80. The average Bonchev–Trinajstić information content (AvgIpc) is 2.86. The van der Waals surface area contributed by atoms with Gasteiger partial charge in [0.15, 0.2) is 0 Å². The third kappa shape index (κ3) is 9.98. The van der Waals surface area contributed by atoms with Crippen LogP contribution in [0.25, 0.3) is 0 Å². The van der Waals surface area contributed by atoms with Crippen molar-refractivity contribution in [3.63, 3.8) is 0 Å². The number of hydrogen-bond acceptors (Lipinski definition) is 4. The molecule has 174 valence electrons. The standard InChI is InChI=1S/C20H23N5OS2.2C2H6/c1-21-17(22-24(2)19(27)15-10-6-4-7-11-15)14-18(26)23-25(3)20(28)16-12-8-5-9-13-16;2*1-2/h4-13H,14H2,1-3H3,(H,21,22)(H,23,26);2*1-2H3. The number of rotatable bonds is 4. The van der Waals surface area contributed by atoms with Crippen molar-refractivity contribution in [2.45, 2.75) is 34.1 Å². The summed E-state index contributed by atoms with van der Waals surface area (Å²) < 4.78 is 0. The minimum absolute atomic E-state index is 0.0555. The number of carbonyl (C=O) groups is 1. The molecule has 0 fully saturated rings. The highest BCUT2D eigenvalue weighted by Crippen LogP contribution is 2.05. The quantitative estimate of drug-likeness (QED) is 0.293. The molecule has 6 nitrogen and oxygen atoms in total. The molecular weight excluding hydrogens is 438 g/mol. The molecule has 0 spiro atoms. The number of nitrogens with zero attached hydrogens (tertiary/aromatic N) is 3. The van der Waals surface area contributed by atoms with Gasteiger partial charge in [0.25, 0.3) is 0 Å². The summed E-state index contributed by atoms with van der Waals surface area (Å²) in [5.41, 5.74) is 7.58.